The van der Waals surface area contributed by atoms with E-state index in [1.54, 1.807) is 11.8 Å². The minimum absolute atomic E-state index is 0.0994. The highest BCUT2D eigenvalue weighted by Crippen LogP contribution is 2.32. The Labute approximate surface area is 117 Å². The lowest BCUT2D eigenvalue weighted by molar-refractivity contribution is -0.140. The van der Waals surface area contributed by atoms with Gasteiger partial charge in [0.15, 0.2) is 0 Å². The maximum Gasteiger partial charge on any atom is 0.419 e. The van der Waals surface area contributed by atoms with Crippen molar-refractivity contribution in [3.8, 4) is 0 Å². The smallest absolute Gasteiger partial charge is 0.349 e. The quantitative estimate of drug-likeness (QED) is 0.848. The summed E-state index contributed by atoms with van der Waals surface area (Å²) in [7, 11) is 0. The molecular weight excluding hydrogens is 294 g/mol. The molecule has 1 aliphatic rings. The molecule has 20 heavy (non-hydrogen) atoms. The highest BCUT2D eigenvalue weighted by atomic mass is 32.2. The van der Waals surface area contributed by atoms with E-state index in [-0.39, 0.29) is 6.04 Å². The third-order valence-corrected chi connectivity index (χ3v) is 4.15. The van der Waals surface area contributed by atoms with Gasteiger partial charge in [-0.15, -0.1) is 0 Å². The molecule has 1 heterocycles. The Kier molecular flexibility index (Phi) is 4.57. The molecule has 0 unspecified atom stereocenters. The molecule has 1 aromatic rings. The molecule has 0 spiro atoms. The average Bonchev–Trinajstić information content (AvgIpc) is 2.38. The summed E-state index contributed by atoms with van der Waals surface area (Å²) in [5.41, 5.74) is -1.97. The normalized spacial score (nSPS) is 17.0. The fourth-order valence-electron chi connectivity index (χ4n) is 2.03. The molecule has 0 radical (unpaired) electrons. The van der Waals surface area contributed by atoms with Gasteiger partial charge in [-0.05, 0) is 36.5 Å². The van der Waals surface area contributed by atoms with Crippen molar-refractivity contribution in [2.24, 2.45) is 0 Å². The Morgan fingerprint density at radius 2 is 1.90 bits per heavy atom. The number of halogens is 4. The molecule has 1 fully saturated rings. The van der Waals surface area contributed by atoms with E-state index in [0.717, 1.165) is 36.5 Å². The Bertz CT molecular complexity index is 498. The summed E-state index contributed by atoms with van der Waals surface area (Å²) in [6.45, 7) is 0. The maximum absolute atomic E-state index is 13.8. The monoisotopic (exact) mass is 307 g/mol. The van der Waals surface area contributed by atoms with E-state index in [1.165, 1.54) is 0 Å². The van der Waals surface area contributed by atoms with Crippen molar-refractivity contribution in [2.75, 3.05) is 11.5 Å². The second kappa shape index (κ2) is 6.03. The molecule has 2 rings (SSSR count). The van der Waals surface area contributed by atoms with E-state index in [0.29, 0.717) is 6.07 Å². The number of nitrogens with one attached hydrogen (secondary N) is 1. The molecule has 1 saturated heterocycles. The molecule has 1 amide bonds. The van der Waals surface area contributed by atoms with E-state index in [4.69, 9.17) is 0 Å². The third kappa shape index (κ3) is 3.45. The fraction of sp³-hybridized carbons (Fsp3) is 0.462. The summed E-state index contributed by atoms with van der Waals surface area (Å²) >= 11 is 1.76. The van der Waals surface area contributed by atoms with Crippen LogP contribution >= 0.6 is 11.8 Å². The van der Waals surface area contributed by atoms with Crippen LogP contribution in [0.5, 0.6) is 0 Å². The lowest BCUT2D eigenvalue weighted by atomic mass is 10.1. The lowest BCUT2D eigenvalue weighted by Gasteiger charge is -2.22. The number of carbonyl (C=O) groups excluding carboxylic acids is 1. The van der Waals surface area contributed by atoms with Crippen molar-refractivity contribution < 1.29 is 22.4 Å². The predicted molar refractivity (Wildman–Crippen MR) is 69.2 cm³/mol. The van der Waals surface area contributed by atoms with Crippen LogP contribution in [0, 0.1) is 5.82 Å². The van der Waals surface area contributed by atoms with E-state index in [2.05, 4.69) is 5.32 Å². The van der Waals surface area contributed by atoms with Gasteiger partial charge >= 0.3 is 6.18 Å². The summed E-state index contributed by atoms with van der Waals surface area (Å²) in [5, 5.41) is 2.60. The zero-order chi connectivity index (χ0) is 14.8. The number of thioether (sulfide) groups is 1. The van der Waals surface area contributed by atoms with Gasteiger partial charge in [0.25, 0.3) is 5.91 Å². The number of amides is 1. The zero-order valence-corrected chi connectivity index (χ0v) is 11.3. The number of hydrogen-bond acceptors (Lipinski definition) is 2. The molecule has 7 heteroatoms. The number of carbonyl (C=O) groups is 1. The topological polar surface area (TPSA) is 29.1 Å². The van der Waals surface area contributed by atoms with Gasteiger partial charge in [0.1, 0.15) is 5.82 Å². The van der Waals surface area contributed by atoms with Gasteiger partial charge in [0.05, 0.1) is 11.1 Å². The molecule has 110 valence electrons. The van der Waals surface area contributed by atoms with Crippen LogP contribution in [0.25, 0.3) is 0 Å². The molecule has 0 bridgehead atoms. The summed E-state index contributed by atoms with van der Waals surface area (Å²) in [6, 6.07) is 2.64. The minimum atomic E-state index is -4.80. The van der Waals surface area contributed by atoms with Gasteiger partial charge in [-0.25, -0.2) is 4.39 Å². The van der Waals surface area contributed by atoms with Crippen LogP contribution in [0.1, 0.15) is 28.8 Å². The molecule has 0 saturated carbocycles. The van der Waals surface area contributed by atoms with Gasteiger partial charge in [-0.3, -0.25) is 4.79 Å². The fourth-order valence-corrected chi connectivity index (χ4v) is 3.14. The zero-order valence-electron chi connectivity index (χ0n) is 10.5. The Hall–Kier alpha value is -1.24. The second-order valence-corrected chi connectivity index (χ2v) is 5.75. The summed E-state index contributed by atoms with van der Waals surface area (Å²) in [5.74, 6) is -0.528. The van der Waals surface area contributed by atoms with Crippen molar-refractivity contribution in [3.63, 3.8) is 0 Å². The molecule has 1 aliphatic heterocycles. The van der Waals surface area contributed by atoms with Gasteiger partial charge < -0.3 is 5.32 Å². The summed E-state index contributed by atoms with van der Waals surface area (Å²) < 4.78 is 51.5. The largest absolute Gasteiger partial charge is 0.419 e. The third-order valence-electron chi connectivity index (χ3n) is 3.11. The average molecular weight is 307 g/mol. The summed E-state index contributed by atoms with van der Waals surface area (Å²) in [4.78, 5) is 11.9. The molecule has 1 aromatic carbocycles. The first-order valence-electron chi connectivity index (χ1n) is 6.14. The predicted octanol–water partition coefficient (Wildman–Crippen LogP) is 3.47. The first-order chi connectivity index (χ1) is 9.39. The van der Waals surface area contributed by atoms with Crippen molar-refractivity contribution >= 4 is 17.7 Å². The maximum atomic E-state index is 13.8. The SMILES string of the molecule is O=C(NC1CCSCC1)c1cccc(C(F)(F)F)c1F. The van der Waals surface area contributed by atoms with E-state index in [1.807, 2.05) is 0 Å². The molecule has 0 aliphatic carbocycles. The van der Waals surface area contributed by atoms with E-state index in [9.17, 15) is 22.4 Å². The molecule has 2 nitrogen and oxygen atoms in total. The highest BCUT2D eigenvalue weighted by Gasteiger charge is 2.35. The van der Waals surface area contributed by atoms with Crippen LogP contribution in [0.2, 0.25) is 0 Å². The van der Waals surface area contributed by atoms with Crippen molar-refractivity contribution in [2.45, 2.75) is 25.1 Å². The highest BCUT2D eigenvalue weighted by molar-refractivity contribution is 7.99. The van der Waals surface area contributed by atoms with Gasteiger partial charge in [0, 0.05) is 6.04 Å². The Morgan fingerprint density at radius 3 is 2.50 bits per heavy atom. The number of hydrogen-bond donors (Lipinski definition) is 1. The van der Waals surface area contributed by atoms with Crippen LogP contribution in [0.3, 0.4) is 0 Å². The summed E-state index contributed by atoms with van der Waals surface area (Å²) in [6.07, 6.45) is -3.31. The standard InChI is InChI=1S/C13H13F4NOS/c14-11-9(2-1-3-10(11)13(15,16)17)12(19)18-8-4-6-20-7-5-8/h1-3,8H,4-7H2,(H,18,19). The van der Waals surface area contributed by atoms with Crippen LogP contribution < -0.4 is 5.32 Å². The molecular formula is C13H13F4NOS. The van der Waals surface area contributed by atoms with E-state index >= 15 is 0 Å². The first kappa shape index (κ1) is 15.2. The van der Waals surface area contributed by atoms with Crippen molar-refractivity contribution in [1.82, 2.24) is 5.32 Å². The van der Waals surface area contributed by atoms with E-state index < -0.39 is 29.0 Å². The number of rotatable bonds is 2. The van der Waals surface area contributed by atoms with Crippen LogP contribution in [0.15, 0.2) is 18.2 Å². The minimum Gasteiger partial charge on any atom is -0.349 e. The van der Waals surface area contributed by atoms with Crippen molar-refractivity contribution in [1.29, 1.82) is 0 Å². The van der Waals surface area contributed by atoms with Gasteiger partial charge in [-0.1, -0.05) is 6.07 Å². The Balaban J connectivity index is 2.17. The second-order valence-electron chi connectivity index (χ2n) is 4.52. The lowest BCUT2D eigenvalue weighted by Crippen LogP contribution is -2.37. The van der Waals surface area contributed by atoms with Gasteiger partial charge in [-0.2, -0.15) is 24.9 Å². The Morgan fingerprint density at radius 1 is 1.25 bits per heavy atom. The number of benzene rings is 1. The van der Waals surface area contributed by atoms with Gasteiger partial charge in [0.2, 0.25) is 0 Å². The molecule has 1 N–H and O–H groups in total. The number of alkyl halides is 3. The molecule has 0 aromatic heterocycles. The van der Waals surface area contributed by atoms with Crippen molar-refractivity contribution in [3.05, 3.63) is 35.1 Å². The first-order valence-corrected chi connectivity index (χ1v) is 7.29. The van der Waals surface area contributed by atoms with Crippen LogP contribution in [0.4, 0.5) is 17.6 Å². The molecule has 0 atom stereocenters. The van der Waals surface area contributed by atoms with Crippen LogP contribution in [-0.2, 0) is 6.18 Å². The van der Waals surface area contributed by atoms with Crippen LogP contribution in [-0.4, -0.2) is 23.5 Å².